The maximum absolute atomic E-state index is 5.92. The summed E-state index contributed by atoms with van der Waals surface area (Å²) in [5.41, 5.74) is 2.19. The molecule has 0 saturated carbocycles. The summed E-state index contributed by atoms with van der Waals surface area (Å²) in [6.07, 6.45) is 1.09. The van der Waals surface area contributed by atoms with Crippen LogP contribution in [0.2, 0.25) is 5.02 Å². The molecule has 25 heavy (non-hydrogen) atoms. The van der Waals surface area contributed by atoms with E-state index >= 15 is 0 Å². The van der Waals surface area contributed by atoms with E-state index in [2.05, 4.69) is 26.6 Å². The molecule has 2 rings (SSSR count). The largest absolute Gasteiger partial charge is 0.493 e. The minimum atomic E-state index is 0.460. The molecular formula is C19H24BrClN2O2. The highest BCUT2D eigenvalue weighted by Crippen LogP contribution is 2.34. The van der Waals surface area contributed by atoms with Crippen molar-refractivity contribution in [3.63, 3.8) is 0 Å². The molecule has 0 aliphatic heterocycles. The van der Waals surface area contributed by atoms with E-state index in [1.807, 2.05) is 43.4 Å². The fourth-order valence-corrected chi connectivity index (χ4v) is 2.93. The van der Waals surface area contributed by atoms with Gasteiger partial charge in [-0.25, -0.2) is 0 Å². The highest BCUT2D eigenvalue weighted by atomic mass is 79.9. The van der Waals surface area contributed by atoms with Crippen LogP contribution in [0.25, 0.3) is 0 Å². The van der Waals surface area contributed by atoms with Crippen LogP contribution in [0.1, 0.15) is 17.5 Å². The highest BCUT2D eigenvalue weighted by molar-refractivity contribution is 9.10. The first-order chi connectivity index (χ1) is 12.1. The number of benzene rings is 2. The van der Waals surface area contributed by atoms with Crippen molar-refractivity contribution < 1.29 is 9.47 Å². The predicted octanol–water partition coefficient (Wildman–Crippen LogP) is 4.39. The lowest BCUT2D eigenvalue weighted by Crippen LogP contribution is -2.19. The molecule has 2 aromatic carbocycles. The van der Waals surface area contributed by atoms with Crippen LogP contribution in [0.4, 0.5) is 0 Å². The van der Waals surface area contributed by atoms with Crippen LogP contribution in [0.15, 0.2) is 40.9 Å². The van der Waals surface area contributed by atoms with Crippen LogP contribution in [0.5, 0.6) is 11.5 Å². The second-order valence-electron chi connectivity index (χ2n) is 5.64. The fourth-order valence-electron chi connectivity index (χ4n) is 2.34. The number of methoxy groups -OCH3 is 1. The molecule has 0 aliphatic rings. The van der Waals surface area contributed by atoms with E-state index < -0.39 is 0 Å². The van der Waals surface area contributed by atoms with Crippen LogP contribution in [-0.2, 0) is 13.2 Å². The summed E-state index contributed by atoms with van der Waals surface area (Å²) in [5, 5.41) is 7.29. The lowest BCUT2D eigenvalue weighted by molar-refractivity contribution is 0.284. The van der Waals surface area contributed by atoms with Gasteiger partial charge in [-0.2, -0.15) is 0 Å². The van der Waals surface area contributed by atoms with Crippen LogP contribution in [-0.4, -0.2) is 27.2 Å². The van der Waals surface area contributed by atoms with Gasteiger partial charge in [0.2, 0.25) is 0 Å². The minimum absolute atomic E-state index is 0.460. The molecule has 2 aromatic rings. The fraction of sp³-hybridized carbons (Fsp3) is 0.368. The van der Waals surface area contributed by atoms with E-state index in [1.165, 1.54) is 0 Å². The zero-order valence-electron chi connectivity index (χ0n) is 14.6. The van der Waals surface area contributed by atoms with E-state index in [0.29, 0.717) is 12.4 Å². The molecule has 0 amide bonds. The molecule has 2 N–H and O–H groups in total. The summed E-state index contributed by atoms with van der Waals surface area (Å²) in [4.78, 5) is 0. The maximum Gasteiger partial charge on any atom is 0.162 e. The van der Waals surface area contributed by atoms with Gasteiger partial charge in [0.15, 0.2) is 11.5 Å². The van der Waals surface area contributed by atoms with Gasteiger partial charge < -0.3 is 20.1 Å². The van der Waals surface area contributed by atoms with Crippen LogP contribution < -0.4 is 20.1 Å². The number of ether oxygens (including phenoxy) is 2. The van der Waals surface area contributed by atoms with E-state index in [9.17, 15) is 0 Å². The van der Waals surface area contributed by atoms with Crippen molar-refractivity contribution in [2.75, 3.05) is 27.2 Å². The highest BCUT2D eigenvalue weighted by Gasteiger charge is 2.10. The monoisotopic (exact) mass is 426 g/mol. The van der Waals surface area contributed by atoms with E-state index in [4.69, 9.17) is 21.1 Å². The first-order valence-electron chi connectivity index (χ1n) is 8.23. The smallest absolute Gasteiger partial charge is 0.162 e. The Morgan fingerprint density at radius 3 is 2.52 bits per heavy atom. The molecule has 136 valence electrons. The number of rotatable bonds is 10. The normalized spacial score (nSPS) is 10.7. The Hall–Kier alpha value is -1.27. The van der Waals surface area contributed by atoms with E-state index in [0.717, 1.165) is 52.4 Å². The van der Waals surface area contributed by atoms with Crippen LogP contribution in [0, 0.1) is 0 Å². The third-order valence-corrected chi connectivity index (χ3v) is 4.73. The quantitative estimate of drug-likeness (QED) is 0.552. The zero-order valence-corrected chi connectivity index (χ0v) is 16.9. The number of halogens is 2. The summed E-state index contributed by atoms with van der Waals surface area (Å²) in [6, 6.07) is 11.6. The molecule has 0 heterocycles. The average molecular weight is 428 g/mol. The van der Waals surface area contributed by atoms with Crippen molar-refractivity contribution in [3.05, 3.63) is 57.0 Å². The summed E-state index contributed by atoms with van der Waals surface area (Å²) in [5.74, 6) is 1.44. The molecule has 0 bridgehead atoms. The van der Waals surface area contributed by atoms with E-state index in [1.54, 1.807) is 7.11 Å². The van der Waals surface area contributed by atoms with Crippen molar-refractivity contribution in [2.45, 2.75) is 19.6 Å². The second kappa shape index (κ2) is 10.7. The average Bonchev–Trinajstić information content (AvgIpc) is 2.62. The van der Waals surface area contributed by atoms with Crippen LogP contribution in [0.3, 0.4) is 0 Å². The molecule has 4 nitrogen and oxygen atoms in total. The van der Waals surface area contributed by atoms with Crippen molar-refractivity contribution in [3.8, 4) is 11.5 Å². The van der Waals surface area contributed by atoms with Crippen LogP contribution >= 0.6 is 27.5 Å². The van der Waals surface area contributed by atoms with Gasteiger partial charge in [0, 0.05) is 16.0 Å². The first kappa shape index (κ1) is 20.0. The summed E-state index contributed by atoms with van der Waals surface area (Å²) < 4.78 is 12.4. The van der Waals surface area contributed by atoms with Gasteiger partial charge in [0.05, 0.1) is 7.11 Å². The first-order valence-corrected chi connectivity index (χ1v) is 9.40. The molecule has 0 unspecified atom stereocenters. The number of hydrogen-bond acceptors (Lipinski definition) is 4. The Kier molecular flexibility index (Phi) is 8.55. The summed E-state index contributed by atoms with van der Waals surface area (Å²) >= 11 is 9.53. The minimum Gasteiger partial charge on any atom is -0.493 e. The summed E-state index contributed by atoms with van der Waals surface area (Å²) in [6.45, 7) is 3.21. The molecule has 0 aliphatic carbocycles. The van der Waals surface area contributed by atoms with Gasteiger partial charge in [-0.1, -0.05) is 39.7 Å². The maximum atomic E-state index is 5.92. The molecule has 0 atom stereocenters. The van der Waals surface area contributed by atoms with Crippen molar-refractivity contribution in [1.29, 1.82) is 0 Å². The van der Waals surface area contributed by atoms with Gasteiger partial charge in [-0.3, -0.25) is 0 Å². The molecular weight excluding hydrogens is 404 g/mol. The number of hydrogen-bond donors (Lipinski definition) is 2. The van der Waals surface area contributed by atoms with Crippen molar-refractivity contribution >= 4 is 27.5 Å². The Labute approximate surface area is 163 Å². The zero-order chi connectivity index (χ0) is 18.1. The molecule has 0 aromatic heterocycles. The molecule has 0 spiro atoms. The topological polar surface area (TPSA) is 42.5 Å². The molecule has 6 heteroatoms. The van der Waals surface area contributed by atoms with Crippen molar-refractivity contribution in [1.82, 2.24) is 10.6 Å². The van der Waals surface area contributed by atoms with Gasteiger partial charge in [0.1, 0.15) is 6.61 Å². The second-order valence-corrected chi connectivity index (χ2v) is 6.93. The van der Waals surface area contributed by atoms with Gasteiger partial charge >= 0.3 is 0 Å². The van der Waals surface area contributed by atoms with Crippen molar-refractivity contribution in [2.24, 2.45) is 0 Å². The summed E-state index contributed by atoms with van der Waals surface area (Å²) in [7, 11) is 3.62. The number of nitrogens with one attached hydrogen (secondary N) is 2. The SMILES string of the molecule is CNCCCNCc1cc(OC)c(OCc2ccc(Cl)cc2)cc1Br. The third kappa shape index (κ3) is 6.51. The van der Waals surface area contributed by atoms with Gasteiger partial charge in [-0.15, -0.1) is 0 Å². The molecule has 0 fully saturated rings. The van der Waals surface area contributed by atoms with Gasteiger partial charge in [-0.05, 0) is 62.0 Å². The standard InChI is InChI=1S/C19H24BrClN2O2/c1-22-8-3-9-23-12-15-10-18(24-2)19(11-17(15)20)25-13-14-4-6-16(21)7-5-14/h4-7,10-11,22-23H,3,8-9,12-13H2,1-2H3. The Bertz CT molecular complexity index is 665. The van der Waals surface area contributed by atoms with E-state index in [-0.39, 0.29) is 0 Å². The molecule has 0 radical (unpaired) electrons. The lowest BCUT2D eigenvalue weighted by atomic mass is 10.2. The van der Waals surface area contributed by atoms with Gasteiger partial charge in [0.25, 0.3) is 0 Å². The lowest BCUT2D eigenvalue weighted by Gasteiger charge is -2.14. The Balaban J connectivity index is 1.98. The Morgan fingerprint density at radius 2 is 1.84 bits per heavy atom. The predicted molar refractivity (Wildman–Crippen MR) is 107 cm³/mol. The third-order valence-electron chi connectivity index (χ3n) is 3.74. The molecule has 0 saturated heterocycles. The Morgan fingerprint density at radius 1 is 1.08 bits per heavy atom.